The molecule has 0 aromatic heterocycles. The molecule has 0 aromatic rings. The van der Waals surface area contributed by atoms with E-state index in [-0.39, 0.29) is 41.8 Å². The molecule has 0 aliphatic carbocycles. The molecule has 1 heterocycles. The summed E-state index contributed by atoms with van der Waals surface area (Å²) < 4.78 is 43.1. The zero-order chi connectivity index (χ0) is 22.8. The predicted octanol–water partition coefficient (Wildman–Crippen LogP) is 6.03. The van der Waals surface area contributed by atoms with Crippen LogP contribution in [0.1, 0.15) is 123 Å². The molecule has 188 valence electrons. The van der Waals surface area contributed by atoms with Crippen LogP contribution in [-0.4, -0.2) is 70.2 Å². The van der Waals surface area contributed by atoms with Gasteiger partial charge in [0.1, 0.15) is 0 Å². The van der Waals surface area contributed by atoms with Crippen molar-refractivity contribution in [1.29, 1.82) is 0 Å². The van der Waals surface area contributed by atoms with Gasteiger partial charge in [-0.1, -0.05) is 96.8 Å². The van der Waals surface area contributed by atoms with E-state index < -0.39 is 16.7 Å². The summed E-state index contributed by atoms with van der Waals surface area (Å²) in [5, 5.41) is 0. The summed E-state index contributed by atoms with van der Waals surface area (Å²) in [5.74, 6) is 0. The summed E-state index contributed by atoms with van der Waals surface area (Å²) in [4.78, 5) is 0. The third-order valence-corrected chi connectivity index (χ3v) is 6.89. The topological polar surface area (TPSA) is 71.1 Å². The van der Waals surface area contributed by atoms with Gasteiger partial charge in [0.25, 0.3) is 0 Å². The van der Waals surface area contributed by atoms with Crippen molar-refractivity contribution in [2.45, 2.75) is 141 Å². The Morgan fingerprint density at radius 2 is 1.34 bits per heavy atom. The summed E-state index contributed by atoms with van der Waals surface area (Å²) in [6, 6.07) is 0. The van der Waals surface area contributed by atoms with Crippen LogP contribution >= 0.6 is 0 Å². The van der Waals surface area contributed by atoms with Crippen molar-refractivity contribution < 1.29 is 26.3 Å². The van der Waals surface area contributed by atoms with Crippen LogP contribution in [0.2, 0.25) is 0 Å². The summed E-state index contributed by atoms with van der Waals surface area (Å²) in [6.07, 6.45) is 20.8. The average Bonchev–Trinajstić information content (AvgIpc) is 3.19. The van der Waals surface area contributed by atoms with E-state index in [0.29, 0.717) is 13.0 Å². The first-order chi connectivity index (χ1) is 15.0. The summed E-state index contributed by atoms with van der Waals surface area (Å²) in [6.45, 7) is 4.85. The fourth-order valence-corrected chi connectivity index (χ4v) is 4.50. The van der Waals surface area contributed by atoms with Gasteiger partial charge >= 0.3 is 40.0 Å². The second kappa shape index (κ2) is 21.1. The van der Waals surface area contributed by atoms with Crippen LogP contribution in [0.5, 0.6) is 0 Å². The van der Waals surface area contributed by atoms with E-state index in [1.807, 2.05) is 0 Å². The first kappa shape index (κ1) is 32.8. The van der Waals surface area contributed by atoms with Crippen molar-refractivity contribution in [1.82, 2.24) is 0 Å². The van der Waals surface area contributed by atoms with Crippen molar-refractivity contribution in [2.24, 2.45) is 0 Å². The number of hydrogen-bond acceptors (Lipinski definition) is 6. The Balaban J connectivity index is 0.00000961. The summed E-state index contributed by atoms with van der Waals surface area (Å²) in [7, 11) is -2.88. The number of hydrogen-bond donors (Lipinski definition) is 0. The number of unbranched alkanes of at least 4 members (excludes halogenated alkanes) is 13. The van der Waals surface area contributed by atoms with Gasteiger partial charge in [-0.2, -0.15) is 8.42 Å². The Morgan fingerprint density at radius 3 is 1.84 bits per heavy atom. The molecule has 1 aliphatic heterocycles. The van der Waals surface area contributed by atoms with Crippen LogP contribution in [0.15, 0.2) is 0 Å². The molecule has 0 radical (unpaired) electrons. The van der Waals surface area contributed by atoms with Crippen molar-refractivity contribution >= 4 is 40.0 Å². The van der Waals surface area contributed by atoms with Crippen LogP contribution in [0.4, 0.5) is 0 Å². The minimum absolute atomic E-state index is 0. The van der Waals surface area contributed by atoms with E-state index in [0.717, 1.165) is 20.0 Å². The molecule has 0 N–H and O–H groups in total. The van der Waals surface area contributed by atoms with Crippen LogP contribution in [0.25, 0.3) is 0 Å². The van der Waals surface area contributed by atoms with E-state index in [1.165, 1.54) is 89.9 Å². The third kappa shape index (κ3) is 18.2. The molecule has 0 aromatic carbocycles. The van der Waals surface area contributed by atoms with Gasteiger partial charge in [0.15, 0.2) is 6.29 Å². The van der Waals surface area contributed by atoms with Crippen LogP contribution < -0.4 is 0 Å². The van der Waals surface area contributed by atoms with Gasteiger partial charge in [-0.25, -0.2) is 4.18 Å². The first-order valence-electron chi connectivity index (χ1n) is 12.7. The van der Waals surface area contributed by atoms with Crippen molar-refractivity contribution in [2.75, 3.05) is 13.7 Å². The van der Waals surface area contributed by atoms with E-state index in [4.69, 9.17) is 13.7 Å². The Morgan fingerprint density at radius 1 is 0.844 bits per heavy atom. The molecule has 0 amide bonds. The summed E-state index contributed by atoms with van der Waals surface area (Å²) in [5.41, 5.74) is 0. The Bertz CT molecular complexity index is 517. The van der Waals surface area contributed by atoms with Gasteiger partial charge in [-0.05, 0) is 19.8 Å². The summed E-state index contributed by atoms with van der Waals surface area (Å²) >= 11 is 0. The van der Waals surface area contributed by atoms with E-state index in [1.54, 1.807) is 0 Å². The maximum absolute atomic E-state index is 11.3. The molecule has 8 heteroatoms. The third-order valence-electron chi connectivity index (χ3n) is 6.03. The second-order valence-corrected chi connectivity index (χ2v) is 10.3. The normalized spacial score (nSPS) is 19.7. The molecule has 1 rings (SSSR count). The molecule has 3 atom stereocenters. The van der Waals surface area contributed by atoms with Crippen LogP contribution in [0, 0.1) is 0 Å². The van der Waals surface area contributed by atoms with E-state index in [9.17, 15) is 8.42 Å². The first-order valence-corrected chi connectivity index (χ1v) is 14.1. The van der Waals surface area contributed by atoms with Gasteiger partial charge in [-0.15, -0.1) is 0 Å². The van der Waals surface area contributed by atoms with E-state index >= 15 is 0 Å². The molecule has 0 bridgehead atoms. The maximum atomic E-state index is 11.3. The van der Waals surface area contributed by atoms with Gasteiger partial charge in [0.2, 0.25) is 0 Å². The van der Waals surface area contributed by atoms with Crippen molar-refractivity contribution in [3.63, 3.8) is 0 Å². The molecular weight excluding hydrogens is 439 g/mol. The van der Waals surface area contributed by atoms with Gasteiger partial charge < -0.3 is 9.47 Å². The Labute approximate surface area is 220 Å². The van der Waals surface area contributed by atoms with Crippen LogP contribution in [-0.2, 0) is 28.2 Å². The predicted molar refractivity (Wildman–Crippen MR) is 132 cm³/mol. The van der Waals surface area contributed by atoms with E-state index in [2.05, 4.69) is 18.0 Å². The monoisotopic (exact) mass is 488 g/mol. The number of ether oxygens (including phenoxy) is 2. The van der Waals surface area contributed by atoms with Crippen molar-refractivity contribution in [3.05, 3.63) is 0 Å². The average molecular weight is 489 g/mol. The zero-order valence-corrected chi connectivity index (χ0v) is 21.1. The molecule has 1 fully saturated rings. The van der Waals surface area contributed by atoms with Gasteiger partial charge in [0.05, 0.1) is 25.9 Å². The standard InChI is InChI=1S/C24H48O6S.Na.H/c1-4-5-6-7-8-9-10-11-12-13-14-15-16-17-18-22(2)28-21-23-19-20-24(29-23)30-31(25,26)27-3;;/h22-24H,4-21H2,1-3H3;;. The molecule has 1 aliphatic rings. The Kier molecular flexibility index (Phi) is 21.6. The van der Waals surface area contributed by atoms with Crippen LogP contribution in [0.3, 0.4) is 0 Å². The minimum atomic E-state index is -3.96. The fourth-order valence-electron chi connectivity index (χ4n) is 4.02. The fraction of sp³-hybridized carbons (Fsp3) is 1.00. The number of rotatable bonds is 21. The van der Waals surface area contributed by atoms with Crippen molar-refractivity contribution in [3.8, 4) is 0 Å². The molecule has 0 spiro atoms. The quantitative estimate of drug-likeness (QED) is 0.145. The molecule has 3 unspecified atom stereocenters. The molecule has 0 saturated carbocycles. The zero-order valence-electron chi connectivity index (χ0n) is 20.3. The molecular formula is C24H49NaO6S. The van der Waals surface area contributed by atoms with Gasteiger partial charge in [-0.3, -0.25) is 4.18 Å². The second-order valence-electron chi connectivity index (χ2n) is 8.96. The molecule has 32 heavy (non-hydrogen) atoms. The molecule has 6 nitrogen and oxygen atoms in total. The Hall–Kier alpha value is 0.790. The molecule has 1 saturated heterocycles. The van der Waals surface area contributed by atoms with Gasteiger partial charge in [0, 0.05) is 6.42 Å². The SMILES string of the molecule is CCCCCCCCCCCCCCCCC(C)OCC1CCC(OS(=O)(=O)OC)O1.[NaH].